The standard InChI is InChI=1S/C11H10N2/c1-2-10-11(13-6-1)9(5-7-12-10)8-3-4-8/h1-2,5-8H,3-4H2. The Morgan fingerprint density at radius 3 is 2.85 bits per heavy atom. The SMILES string of the molecule is c1cnc2c(C3CC3)ccnc2c1. The van der Waals surface area contributed by atoms with Crippen molar-refractivity contribution < 1.29 is 0 Å². The van der Waals surface area contributed by atoms with Crippen molar-refractivity contribution in [2.24, 2.45) is 0 Å². The molecule has 0 atom stereocenters. The first kappa shape index (κ1) is 7.01. The highest BCUT2D eigenvalue weighted by Crippen LogP contribution is 2.41. The molecule has 1 aliphatic rings. The minimum Gasteiger partial charge on any atom is -0.255 e. The molecule has 0 aromatic carbocycles. The molecule has 1 aliphatic carbocycles. The van der Waals surface area contributed by atoms with E-state index in [4.69, 9.17) is 0 Å². The van der Waals surface area contributed by atoms with Crippen LogP contribution in [0.4, 0.5) is 0 Å². The van der Waals surface area contributed by atoms with Crippen molar-refractivity contribution in [1.82, 2.24) is 9.97 Å². The third-order valence-corrected chi connectivity index (χ3v) is 2.54. The van der Waals surface area contributed by atoms with E-state index in [2.05, 4.69) is 16.0 Å². The predicted molar refractivity (Wildman–Crippen MR) is 51.5 cm³/mol. The molecule has 0 unspecified atom stereocenters. The Labute approximate surface area is 76.6 Å². The highest BCUT2D eigenvalue weighted by Gasteiger charge is 2.25. The molecule has 0 saturated heterocycles. The molecule has 0 bridgehead atoms. The molecule has 0 N–H and O–H groups in total. The normalized spacial score (nSPS) is 16.3. The Hall–Kier alpha value is -1.44. The van der Waals surface area contributed by atoms with Gasteiger partial charge in [-0.3, -0.25) is 9.97 Å². The zero-order chi connectivity index (χ0) is 8.67. The first-order valence-corrected chi connectivity index (χ1v) is 4.65. The molecule has 1 fully saturated rings. The van der Waals surface area contributed by atoms with Crippen LogP contribution in [0.3, 0.4) is 0 Å². The van der Waals surface area contributed by atoms with Gasteiger partial charge in [0.25, 0.3) is 0 Å². The van der Waals surface area contributed by atoms with Gasteiger partial charge < -0.3 is 0 Å². The summed E-state index contributed by atoms with van der Waals surface area (Å²) in [5, 5.41) is 0. The largest absolute Gasteiger partial charge is 0.255 e. The number of aromatic nitrogens is 2. The summed E-state index contributed by atoms with van der Waals surface area (Å²) in [6.07, 6.45) is 6.36. The molecule has 2 heteroatoms. The number of fused-ring (bicyclic) bond motifs is 1. The maximum atomic E-state index is 4.38. The molecule has 0 radical (unpaired) electrons. The van der Waals surface area contributed by atoms with E-state index in [1.165, 1.54) is 18.4 Å². The smallest absolute Gasteiger partial charge is 0.0921 e. The van der Waals surface area contributed by atoms with Crippen LogP contribution in [0, 0.1) is 0 Å². The van der Waals surface area contributed by atoms with Gasteiger partial charge in [0.05, 0.1) is 11.0 Å². The summed E-state index contributed by atoms with van der Waals surface area (Å²) in [4.78, 5) is 8.67. The van der Waals surface area contributed by atoms with Crippen LogP contribution in [-0.4, -0.2) is 9.97 Å². The lowest BCUT2D eigenvalue weighted by atomic mass is 10.1. The predicted octanol–water partition coefficient (Wildman–Crippen LogP) is 2.51. The van der Waals surface area contributed by atoms with E-state index >= 15 is 0 Å². The van der Waals surface area contributed by atoms with Gasteiger partial charge in [-0.15, -0.1) is 0 Å². The van der Waals surface area contributed by atoms with Crippen molar-refractivity contribution in [1.29, 1.82) is 0 Å². The monoisotopic (exact) mass is 170 g/mol. The summed E-state index contributed by atoms with van der Waals surface area (Å²) in [5.41, 5.74) is 3.49. The molecular formula is C11H10N2. The van der Waals surface area contributed by atoms with E-state index in [9.17, 15) is 0 Å². The van der Waals surface area contributed by atoms with Gasteiger partial charge in [-0.25, -0.2) is 0 Å². The lowest BCUT2D eigenvalue weighted by Gasteiger charge is -2.01. The van der Waals surface area contributed by atoms with Crippen molar-refractivity contribution in [3.8, 4) is 0 Å². The Morgan fingerprint density at radius 2 is 2.00 bits per heavy atom. The Kier molecular flexibility index (Phi) is 1.36. The third-order valence-electron chi connectivity index (χ3n) is 2.54. The minimum atomic E-state index is 0.750. The molecule has 2 heterocycles. The third kappa shape index (κ3) is 1.10. The molecule has 2 aromatic heterocycles. The zero-order valence-corrected chi connectivity index (χ0v) is 7.27. The molecule has 2 aromatic rings. The van der Waals surface area contributed by atoms with E-state index in [0.29, 0.717) is 0 Å². The molecule has 0 aliphatic heterocycles. The van der Waals surface area contributed by atoms with E-state index < -0.39 is 0 Å². The van der Waals surface area contributed by atoms with Gasteiger partial charge in [0.2, 0.25) is 0 Å². The van der Waals surface area contributed by atoms with Crippen LogP contribution in [0.15, 0.2) is 30.6 Å². The van der Waals surface area contributed by atoms with Crippen molar-refractivity contribution >= 4 is 11.0 Å². The molecular weight excluding hydrogens is 160 g/mol. The molecule has 64 valence electrons. The fourth-order valence-corrected chi connectivity index (χ4v) is 1.72. The lowest BCUT2D eigenvalue weighted by molar-refractivity contribution is 1.12. The summed E-state index contributed by atoms with van der Waals surface area (Å²) in [7, 11) is 0. The van der Waals surface area contributed by atoms with Crippen LogP contribution in [0.2, 0.25) is 0 Å². The van der Waals surface area contributed by atoms with Crippen LogP contribution >= 0.6 is 0 Å². The van der Waals surface area contributed by atoms with Gasteiger partial charge in [-0.05, 0) is 42.5 Å². The fraction of sp³-hybridized carbons (Fsp3) is 0.273. The van der Waals surface area contributed by atoms with Gasteiger partial charge in [0, 0.05) is 12.4 Å². The maximum Gasteiger partial charge on any atom is 0.0921 e. The molecule has 2 nitrogen and oxygen atoms in total. The molecule has 0 spiro atoms. The summed E-state index contributed by atoms with van der Waals surface area (Å²) < 4.78 is 0. The van der Waals surface area contributed by atoms with Crippen molar-refractivity contribution in [2.45, 2.75) is 18.8 Å². The van der Waals surface area contributed by atoms with Crippen molar-refractivity contribution in [2.75, 3.05) is 0 Å². The summed E-state index contributed by atoms with van der Waals surface area (Å²) >= 11 is 0. The van der Waals surface area contributed by atoms with Crippen LogP contribution in [0.25, 0.3) is 11.0 Å². The summed E-state index contributed by atoms with van der Waals surface area (Å²) in [6, 6.07) is 6.06. The van der Waals surface area contributed by atoms with Gasteiger partial charge in [-0.1, -0.05) is 0 Å². The van der Waals surface area contributed by atoms with E-state index in [1.807, 2.05) is 24.5 Å². The average Bonchev–Trinajstić information content (AvgIpc) is 3.00. The van der Waals surface area contributed by atoms with Crippen LogP contribution in [0.5, 0.6) is 0 Å². The van der Waals surface area contributed by atoms with Gasteiger partial charge in [-0.2, -0.15) is 0 Å². The van der Waals surface area contributed by atoms with Crippen molar-refractivity contribution in [3.63, 3.8) is 0 Å². The second kappa shape index (κ2) is 2.52. The quantitative estimate of drug-likeness (QED) is 0.657. The topological polar surface area (TPSA) is 25.8 Å². The number of nitrogens with zero attached hydrogens (tertiary/aromatic N) is 2. The second-order valence-corrected chi connectivity index (χ2v) is 3.55. The Bertz CT molecular complexity index is 441. The summed E-state index contributed by atoms with van der Waals surface area (Å²) in [6.45, 7) is 0. The molecule has 0 amide bonds. The number of pyridine rings is 2. The Morgan fingerprint density at radius 1 is 1.08 bits per heavy atom. The number of hydrogen-bond acceptors (Lipinski definition) is 2. The van der Waals surface area contributed by atoms with E-state index in [-0.39, 0.29) is 0 Å². The number of hydrogen-bond donors (Lipinski definition) is 0. The zero-order valence-electron chi connectivity index (χ0n) is 7.27. The van der Waals surface area contributed by atoms with Gasteiger partial charge in [0.15, 0.2) is 0 Å². The fourth-order valence-electron chi connectivity index (χ4n) is 1.72. The lowest BCUT2D eigenvalue weighted by Crippen LogP contribution is -1.88. The highest BCUT2D eigenvalue weighted by atomic mass is 14.7. The maximum absolute atomic E-state index is 4.38. The molecule has 1 saturated carbocycles. The van der Waals surface area contributed by atoms with Crippen LogP contribution in [-0.2, 0) is 0 Å². The average molecular weight is 170 g/mol. The second-order valence-electron chi connectivity index (χ2n) is 3.55. The van der Waals surface area contributed by atoms with E-state index in [0.717, 1.165) is 17.0 Å². The van der Waals surface area contributed by atoms with Crippen molar-refractivity contribution in [3.05, 3.63) is 36.2 Å². The van der Waals surface area contributed by atoms with Gasteiger partial charge >= 0.3 is 0 Å². The number of rotatable bonds is 1. The van der Waals surface area contributed by atoms with Crippen LogP contribution < -0.4 is 0 Å². The first-order valence-electron chi connectivity index (χ1n) is 4.65. The summed E-state index contributed by atoms with van der Waals surface area (Å²) in [5.74, 6) is 0.750. The Balaban J connectivity index is 2.32. The molecule has 3 rings (SSSR count). The van der Waals surface area contributed by atoms with Crippen LogP contribution in [0.1, 0.15) is 24.3 Å². The van der Waals surface area contributed by atoms with Gasteiger partial charge in [0.1, 0.15) is 0 Å². The van der Waals surface area contributed by atoms with E-state index in [1.54, 1.807) is 0 Å². The minimum absolute atomic E-state index is 0.750. The molecule has 13 heavy (non-hydrogen) atoms. The first-order chi connectivity index (χ1) is 6.45. The highest BCUT2D eigenvalue weighted by molar-refractivity contribution is 5.78.